The van der Waals surface area contributed by atoms with Crippen LogP contribution in [0, 0.1) is 5.41 Å². The molecule has 15 heavy (non-hydrogen) atoms. The predicted octanol–water partition coefficient (Wildman–Crippen LogP) is 3.42. The molecule has 0 aliphatic rings. The van der Waals surface area contributed by atoms with Crippen LogP contribution in [0.2, 0.25) is 0 Å². The lowest BCUT2D eigenvalue weighted by atomic mass is 9.76. The van der Waals surface area contributed by atoms with Gasteiger partial charge in [-0.05, 0) is 11.8 Å². The van der Waals surface area contributed by atoms with Gasteiger partial charge in [-0.3, -0.25) is 0 Å². The van der Waals surface area contributed by atoms with E-state index in [9.17, 15) is 0 Å². The maximum absolute atomic E-state index is 4.42. The van der Waals surface area contributed by atoms with Gasteiger partial charge < -0.3 is 0 Å². The molecule has 5 heteroatoms. The first-order valence-corrected chi connectivity index (χ1v) is 6.80. The highest BCUT2D eigenvalue weighted by Crippen LogP contribution is 2.41. The molecule has 0 amide bonds. The molecule has 0 saturated carbocycles. The van der Waals surface area contributed by atoms with Crippen molar-refractivity contribution in [3.05, 3.63) is 10.5 Å². The molecule has 0 aliphatic carbocycles. The molecule has 0 atom stereocenters. The number of thiol groups is 2. The fraction of sp³-hybridized carbons (Fsp3) is 0.800. The van der Waals surface area contributed by atoms with Gasteiger partial charge in [-0.1, -0.05) is 27.7 Å². The third-order valence-corrected chi connectivity index (χ3v) is 4.99. The van der Waals surface area contributed by atoms with Crippen LogP contribution in [-0.2, 0) is 5.41 Å². The second-order valence-electron chi connectivity index (χ2n) is 5.17. The molecule has 0 spiro atoms. The largest absolute Gasteiger partial charge is 0.165 e. The standard InChI is InChI=1S/C10H18N2S3/c1-9(2,7-12-11-6-15-7)5-10(3,4)8(13)14/h6,8,13-14H,5H2,1-4H3. The summed E-state index contributed by atoms with van der Waals surface area (Å²) in [4.78, 5) is 0. The van der Waals surface area contributed by atoms with Crippen molar-refractivity contribution in [1.82, 2.24) is 10.2 Å². The lowest BCUT2D eigenvalue weighted by molar-refractivity contribution is 0.279. The van der Waals surface area contributed by atoms with E-state index in [-0.39, 0.29) is 15.4 Å². The van der Waals surface area contributed by atoms with Gasteiger partial charge in [0.1, 0.15) is 10.5 Å². The predicted molar refractivity (Wildman–Crippen MR) is 73.1 cm³/mol. The van der Waals surface area contributed by atoms with Crippen molar-refractivity contribution in [3.8, 4) is 0 Å². The Morgan fingerprint density at radius 3 is 2.33 bits per heavy atom. The lowest BCUT2D eigenvalue weighted by Crippen LogP contribution is -2.31. The minimum atomic E-state index is 0.0361. The van der Waals surface area contributed by atoms with E-state index in [4.69, 9.17) is 0 Å². The molecule has 0 fully saturated rings. The van der Waals surface area contributed by atoms with E-state index >= 15 is 0 Å². The Morgan fingerprint density at radius 2 is 1.93 bits per heavy atom. The third-order valence-electron chi connectivity index (χ3n) is 2.54. The average molecular weight is 262 g/mol. The smallest absolute Gasteiger partial charge is 0.122 e. The molecule has 0 N–H and O–H groups in total. The fourth-order valence-corrected chi connectivity index (χ4v) is 2.64. The van der Waals surface area contributed by atoms with Crippen LogP contribution in [0.25, 0.3) is 0 Å². The van der Waals surface area contributed by atoms with E-state index in [1.807, 2.05) is 0 Å². The van der Waals surface area contributed by atoms with E-state index in [1.54, 1.807) is 16.8 Å². The second kappa shape index (κ2) is 4.63. The van der Waals surface area contributed by atoms with E-state index in [0.717, 1.165) is 11.4 Å². The average Bonchev–Trinajstić information content (AvgIpc) is 2.53. The van der Waals surface area contributed by atoms with Gasteiger partial charge >= 0.3 is 0 Å². The van der Waals surface area contributed by atoms with Crippen LogP contribution < -0.4 is 0 Å². The van der Waals surface area contributed by atoms with Crippen LogP contribution >= 0.6 is 36.6 Å². The zero-order valence-electron chi connectivity index (χ0n) is 9.56. The number of rotatable bonds is 4. The van der Waals surface area contributed by atoms with Gasteiger partial charge in [-0.25, -0.2) is 0 Å². The number of hydrogen-bond donors (Lipinski definition) is 2. The van der Waals surface area contributed by atoms with Crippen molar-refractivity contribution in [1.29, 1.82) is 0 Å². The summed E-state index contributed by atoms with van der Waals surface area (Å²) in [5.74, 6) is 0. The van der Waals surface area contributed by atoms with Gasteiger partial charge in [0.25, 0.3) is 0 Å². The van der Waals surface area contributed by atoms with Crippen molar-refractivity contribution in [3.63, 3.8) is 0 Å². The van der Waals surface area contributed by atoms with Crippen LogP contribution in [-0.4, -0.2) is 14.8 Å². The van der Waals surface area contributed by atoms with Crippen molar-refractivity contribution < 1.29 is 0 Å². The lowest BCUT2D eigenvalue weighted by Gasteiger charge is -2.35. The van der Waals surface area contributed by atoms with Crippen molar-refractivity contribution in [2.24, 2.45) is 5.41 Å². The van der Waals surface area contributed by atoms with Crippen molar-refractivity contribution >= 4 is 36.6 Å². The highest BCUT2D eigenvalue weighted by molar-refractivity contribution is 7.99. The summed E-state index contributed by atoms with van der Waals surface area (Å²) >= 11 is 10.4. The van der Waals surface area contributed by atoms with Gasteiger partial charge in [-0.15, -0.1) is 21.5 Å². The minimum absolute atomic E-state index is 0.0361. The van der Waals surface area contributed by atoms with Crippen molar-refractivity contribution in [2.75, 3.05) is 0 Å². The van der Waals surface area contributed by atoms with Crippen LogP contribution in [0.3, 0.4) is 0 Å². The summed E-state index contributed by atoms with van der Waals surface area (Å²) in [5, 5.41) is 9.13. The first-order valence-electron chi connectivity index (χ1n) is 4.88. The molecule has 0 aromatic carbocycles. The topological polar surface area (TPSA) is 25.8 Å². The highest BCUT2D eigenvalue weighted by atomic mass is 32.2. The number of hydrogen-bond acceptors (Lipinski definition) is 5. The van der Waals surface area contributed by atoms with E-state index < -0.39 is 0 Å². The Morgan fingerprint density at radius 1 is 1.33 bits per heavy atom. The van der Waals surface area contributed by atoms with Crippen LogP contribution in [0.1, 0.15) is 39.1 Å². The van der Waals surface area contributed by atoms with Crippen LogP contribution in [0.15, 0.2) is 5.51 Å². The van der Waals surface area contributed by atoms with Gasteiger partial charge in [0.05, 0.1) is 0 Å². The van der Waals surface area contributed by atoms with Gasteiger partial charge in [0.2, 0.25) is 0 Å². The molecule has 0 bridgehead atoms. The summed E-state index contributed by atoms with van der Waals surface area (Å²) in [6.07, 6.45) is 0.993. The van der Waals surface area contributed by atoms with E-state index in [0.29, 0.717) is 0 Å². The summed E-state index contributed by atoms with van der Waals surface area (Å²) in [6, 6.07) is 0. The van der Waals surface area contributed by atoms with Crippen LogP contribution in [0.5, 0.6) is 0 Å². The first-order chi connectivity index (χ1) is 6.76. The summed E-state index contributed by atoms with van der Waals surface area (Å²) in [5.41, 5.74) is 1.89. The van der Waals surface area contributed by atoms with Crippen LogP contribution in [0.4, 0.5) is 0 Å². The Bertz CT molecular complexity index is 304. The summed E-state index contributed by atoms with van der Waals surface area (Å²) in [6.45, 7) is 8.75. The fourth-order valence-electron chi connectivity index (χ4n) is 1.77. The summed E-state index contributed by atoms with van der Waals surface area (Å²) < 4.78 is 0.0738. The summed E-state index contributed by atoms with van der Waals surface area (Å²) in [7, 11) is 0. The Balaban J connectivity index is 2.81. The number of nitrogens with zero attached hydrogens (tertiary/aromatic N) is 2. The van der Waals surface area contributed by atoms with E-state index in [2.05, 4.69) is 63.1 Å². The highest BCUT2D eigenvalue weighted by Gasteiger charge is 2.35. The molecule has 1 aromatic rings. The molecule has 1 aromatic heterocycles. The monoisotopic (exact) mass is 262 g/mol. The third kappa shape index (κ3) is 3.36. The molecular formula is C10H18N2S3. The van der Waals surface area contributed by atoms with Gasteiger partial charge in [0.15, 0.2) is 0 Å². The normalized spacial score (nSPS) is 13.5. The maximum Gasteiger partial charge on any atom is 0.122 e. The van der Waals surface area contributed by atoms with Gasteiger partial charge in [-0.2, -0.15) is 25.3 Å². The SMILES string of the molecule is CC(C)(CC(C)(C)C(S)S)c1nncs1. The molecular weight excluding hydrogens is 244 g/mol. The molecule has 1 heterocycles. The maximum atomic E-state index is 4.42. The molecule has 0 aliphatic heterocycles. The quantitative estimate of drug-likeness (QED) is 0.642. The molecule has 0 unspecified atom stereocenters. The molecule has 0 saturated heterocycles. The Hall–Kier alpha value is 0.260. The van der Waals surface area contributed by atoms with Gasteiger partial charge in [0, 0.05) is 10.00 Å². The molecule has 1 rings (SSSR count). The molecule has 86 valence electrons. The van der Waals surface area contributed by atoms with Crippen molar-refractivity contribution in [2.45, 2.75) is 44.1 Å². The second-order valence-corrected chi connectivity index (χ2v) is 7.44. The zero-order chi connectivity index (χ0) is 11.7. The zero-order valence-corrected chi connectivity index (χ0v) is 12.2. The molecule has 0 radical (unpaired) electrons. The van der Waals surface area contributed by atoms with E-state index in [1.165, 1.54) is 0 Å². The Kier molecular flexibility index (Phi) is 4.12. The minimum Gasteiger partial charge on any atom is -0.165 e. The Labute approximate surface area is 107 Å². The number of aromatic nitrogens is 2. The first kappa shape index (κ1) is 13.3. The molecule has 2 nitrogen and oxygen atoms in total.